The molecule has 5 nitrogen and oxygen atoms in total. The van der Waals surface area contributed by atoms with Crippen LogP contribution in [0, 0.1) is 0 Å². The summed E-state index contributed by atoms with van der Waals surface area (Å²) >= 11 is 3.08. The van der Waals surface area contributed by atoms with Crippen molar-refractivity contribution in [3.05, 3.63) is 58.4 Å². The van der Waals surface area contributed by atoms with Crippen molar-refractivity contribution < 1.29 is 14.3 Å². The van der Waals surface area contributed by atoms with Crippen LogP contribution in [0.4, 0.5) is 0 Å². The van der Waals surface area contributed by atoms with Crippen LogP contribution in [0.15, 0.2) is 52.4 Å². The summed E-state index contributed by atoms with van der Waals surface area (Å²) in [5.74, 6) is 0.298. The summed E-state index contributed by atoms with van der Waals surface area (Å²) in [5, 5.41) is 0. The number of ether oxygens (including phenoxy) is 1. The van der Waals surface area contributed by atoms with Crippen LogP contribution in [-0.2, 0) is 11.3 Å². The highest BCUT2D eigenvalue weighted by molar-refractivity contribution is 7.99. The summed E-state index contributed by atoms with van der Waals surface area (Å²) < 4.78 is 7.65. The standard InChI is InChI=1S/C20H20N2O3S2/c1-4-22-16-10-9-14(19(24)25-3)12-17(16)27-20(22)21-18(23)13-7-6-8-15(11-13)26-5-2/h6-12H,4-5H2,1-3H3. The Hall–Kier alpha value is -2.38. The minimum Gasteiger partial charge on any atom is -0.465 e. The lowest BCUT2D eigenvalue weighted by Crippen LogP contribution is -2.15. The zero-order chi connectivity index (χ0) is 19.4. The predicted octanol–water partition coefficient (Wildman–Crippen LogP) is 4.36. The molecule has 0 saturated heterocycles. The third-order valence-corrected chi connectivity index (χ3v) is 5.93. The molecule has 0 N–H and O–H groups in total. The topological polar surface area (TPSA) is 60.7 Å². The van der Waals surface area contributed by atoms with Crippen LogP contribution in [0.2, 0.25) is 0 Å². The summed E-state index contributed by atoms with van der Waals surface area (Å²) in [6, 6.07) is 12.9. The van der Waals surface area contributed by atoms with Crippen LogP contribution in [0.1, 0.15) is 34.6 Å². The maximum Gasteiger partial charge on any atom is 0.337 e. The molecule has 0 atom stereocenters. The van der Waals surface area contributed by atoms with Crippen molar-refractivity contribution in [2.45, 2.75) is 25.3 Å². The Bertz CT molecular complexity index is 1070. The van der Waals surface area contributed by atoms with E-state index in [1.54, 1.807) is 30.0 Å². The highest BCUT2D eigenvalue weighted by atomic mass is 32.2. The molecule has 0 radical (unpaired) electrons. The number of nitrogens with zero attached hydrogens (tertiary/aromatic N) is 2. The number of amides is 1. The van der Waals surface area contributed by atoms with E-state index in [0.29, 0.717) is 22.5 Å². The normalized spacial score (nSPS) is 11.7. The van der Waals surface area contributed by atoms with Gasteiger partial charge in [0.15, 0.2) is 4.80 Å². The van der Waals surface area contributed by atoms with Gasteiger partial charge >= 0.3 is 5.97 Å². The minimum atomic E-state index is -0.381. The number of fused-ring (bicyclic) bond motifs is 1. The first kappa shape index (κ1) is 19.4. The predicted molar refractivity (Wildman–Crippen MR) is 110 cm³/mol. The fourth-order valence-corrected chi connectivity index (χ4v) is 4.60. The molecule has 140 valence electrons. The molecule has 1 heterocycles. The Labute approximate surface area is 165 Å². The summed E-state index contributed by atoms with van der Waals surface area (Å²) in [4.78, 5) is 30.5. The Balaban J connectivity index is 2.05. The monoisotopic (exact) mass is 400 g/mol. The van der Waals surface area contributed by atoms with Gasteiger partial charge < -0.3 is 9.30 Å². The van der Waals surface area contributed by atoms with E-state index in [4.69, 9.17) is 4.74 Å². The van der Waals surface area contributed by atoms with Gasteiger partial charge in [0.05, 0.1) is 22.9 Å². The van der Waals surface area contributed by atoms with Gasteiger partial charge in [-0.15, -0.1) is 11.8 Å². The summed E-state index contributed by atoms with van der Waals surface area (Å²) in [6.07, 6.45) is 0. The number of thioether (sulfide) groups is 1. The third kappa shape index (κ3) is 4.14. The number of aromatic nitrogens is 1. The molecule has 7 heteroatoms. The molecule has 2 aromatic carbocycles. The average Bonchev–Trinajstić information content (AvgIpc) is 3.03. The van der Waals surface area contributed by atoms with Crippen LogP contribution in [0.25, 0.3) is 10.2 Å². The van der Waals surface area contributed by atoms with Crippen molar-refractivity contribution >= 4 is 45.2 Å². The lowest BCUT2D eigenvalue weighted by molar-refractivity contribution is 0.0601. The van der Waals surface area contributed by atoms with Gasteiger partial charge in [0.25, 0.3) is 5.91 Å². The maximum atomic E-state index is 12.7. The molecule has 0 spiro atoms. The van der Waals surface area contributed by atoms with E-state index in [2.05, 4.69) is 11.9 Å². The van der Waals surface area contributed by atoms with Crippen molar-refractivity contribution in [1.29, 1.82) is 0 Å². The summed E-state index contributed by atoms with van der Waals surface area (Å²) in [5.41, 5.74) is 2.00. The van der Waals surface area contributed by atoms with Gasteiger partial charge in [-0.25, -0.2) is 4.79 Å². The molecular weight excluding hydrogens is 380 g/mol. The van der Waals surface area contributed by atoms with Gasteiger partial charge in [0.2, 0.25) is 0 Å². The van der Waals surface area contributed by atoms with E-state index in [-0.39, 0.29) is 11.9 Å². The minimum absolute atomic E-state index is 0.268. The van der Waals surface area contributed by atoms with Crippen molar-refractivity contribution in [1.82, 2.24) is 4.57 Å². The first-order valence-electron chi connectivity index (χ1n) is 8.61. The first-order chi connectivity index (χ1) is 13.1. The van der Waals surface area contributed by atoms with Crippen LogP contribution < -0.4 is 4.80 Å². The smallest absolute Gasteiger partial charge is 0.337 e. The molecular formula is C20H20N2O3S2. The van der Waals surface area contributed by atoms with E-state index in [0.717, 1.165) is 20.9 Å². The zero-order valence-corrected chi connectivity index (χ0v) is 17.0. The van der Waals surface area contributed by atoms with Crippen molar-refractivity contribution in [2.24, 2.45) is 4.99 Å². The van der Waals surface area contributed by atoms with E-state index >= 15 is 0 Å². The van der Waals surface area contributed by atoms with E-state index in [9.17, 15) is 9.59 Å². The number of hydrogen-bond acceptors (Lipinski definition) is 5. The molecule has 0 aliphatic heterocycles. The Morgan fingerprint density at radius 1 is 1.15 bits per heavy atom. The molecule has 1 amide bonds. The second-order valence-electron chi connectivity index (χ2n) is 5.68. The molecule has 0 fully saturated rings. The van der Waals surface area contributed by atoms with Gasteiger partial charge in [0.1, 0.15) is 0 Å². The number of hydrogen-bond donors (Lipinski definition) is 0. The first-order valence-corrected chi connectivity index (χ1v) is 10.4. The van der Waals surface area contributed by atoms with Gasteiger partial charge in [-0.1, -0.05) is 24.3 Å². The van der Waals surface area contributed by atoms with Crippen LogP contribution >= 0.6 is 23.1 Å². The van der Waals surface area contributed by atoms with Gasteiger partial charge in [-0.05, 0) is 49.1 Å². The molecule has 3 aromatic rings. The van der Waals surface area contributed by atoms with Crippen molar-refractivity contribution in [3.8, 4) is 0 Å². The lowest BCUT2D eigenvalue weighted by atomic mass is 10.2. The Morgan fingerprint density at radius 3 is 2.67 bits per heavy atom. The fraction of sp³-hybridized carbons (Fsp3) is 0.250. The van der Waals surface area contributed by atoms with E-state index in [1.807, 2.05) is 35.8 Å². The number of carbonyl (C=O) groups excluding carboxylic acids is 2. The Kier molecular flexibility index (Phi) is 6.13. The van der Waals surface area contributed by atoms with Gasteiger partial charge in [-0.3, -0.25) is 4.79 Å². The SMILES string of the molecule is CCSc1cccc(C(=O)N=c2sc3cc(C(=O)OC)ccc3n2CC)c1. The second kappa shape index (κ2) is 8.54. The second-order valence-corrected chi connectivity index (χ2v) is 8.03. The summed E-state index contributed by atoms with van der Waals surface area (Å²) in [6.45, 7) is 4.76. The van der Waals surface area contributed by atoms with E-state index in [1.165, 1.54) is 18.4 Å². The van der Waals surface area contributed by atoms with Crippen LogP contribution in [0.3, 0.4) is 0 Å². The largest absolute Gasteiger partial charge is 0.465 e. The number of carbonyl (C=O) groups is 2. The third-order valence-electron chi connectivity index (χ3n) is 4.01. The number of methoxy groups -OCH3 is 1. The van der Waals surface area contributed by atoms with Crippen LogP contribution in [-0.4, -0.2) is 29.3 Å². The fourth-order valence-electron chi connectivity index (χ4n) is 2.75. The number of rotatable bonds is 5. The summed E-state index contributed by atoms with van der Waals surface area (Å²) in [7, 11) is 1.36. The van der Waals surface area contributed by atoms with Gasteiger partial charge in [-0.2, -0.15) is 4.99 Å². The number of thiazole rings is 1. The van der Waals surface area contributed by atoms with Gasteiger partial charge in [0, 0.05) is 17.0 Å². The zero-order valence-electron chi connectivity index (χ0n) is 15.4. The molecule has 1 aromatic heterocycles. The Morgan fingerprint density at radius 2 is 1.96 bits per heavy atom. The molecule has 0 bridgehead atoms. The number of aryl methyl sites for hydroxylation is 1. The highest BCUT2D eigenvalue weighted by Crippen LogP contribution is 2.21. The maximum absolute atomic E-state index is 12.7. The van der Waals surface area contributed by atoms with Crippen LogP contribution in [0.5, 0.6) is 0 Å². The number of esters is 1. The van der Waals surface area contributed by atoms with Crippen molar-refractivity contribution in [3.63, 3.8) is 0 Å². The van der Waals surface area contributed by atoms with E-state index < -0.39 is 0 Å². The average molecular weight is 401 g/mol. The lowest BCUT2D eigenvalue weighted by Gasteiger charge is -2.02. The molecule has 27 heavy (non-hydrogen) atoms. The molecule has 3 rings (SSSR count). The highest BCUT2D eigenvalue weighted by Gasteiger charge is 2.12. The number of benzene rings is 2. The molecule has 0 aliphatic carbocycles. The quantitative estimate of drug-likeness (QED) is 0.472. The molecule has 0 aliphatic rings. The molecule has 0 unspecified atom stereocenters. The molecule has 0 saturated carbocycles. The van der Waals surface area contributed by atoms with Crippen molar-refractivity contribution in [2.75, 3.05) is 12.9 Å².